The number of fused-ring (bicyclic) bond motifs is 1. The summed E-state index contributed by atoms with van der Waals surface area (Å²) in [6, 6.07) is 5.04. The number of aromatic amines is 2. The van der Waals surface area contributed by atoms with E-state index in [1.165, 1.54) is 0 Å². The Morgan fingerprint density at radius 1 is 1.44 bits per heavy atom. The highest BCUT2D eigenvalue weighted by atomic mass is 16.6. The summed E-state index contributed by atoms with van der Waals surface area (Å²) in [6.07, 6.45) is 0.928. The first-order valence-electron chi connectivity index (χ1n) is 5.74. The Kier molecular flexibility index (Phi) is 2.64. The van der Waals surface area contributed by atoms with Crippen LogP contribution in [0.2, 0.25) is 0 Å². The van der Waals surface area contributed by atoms with Crippen LogP contribution in [0, 0.1) is 0 Å². The molecule has 1 aromatic heterocycles. The Morgan fingerprint density at radius 3 is 3.00 bits per heavy atom. The van der Waals surface area contributed by atoms with E-state index in [0.29, 0.717) is 16.6 Å². The summed E-state index contributed by atoms with van der Waals surface area (Å²) in [6.45, 7) is 0.979. The summed E-state index contributed by atoms with van der Waals surface area (Å²) in [5, 5.41) is 0. The molecule has 1 aromatic carbocycles. The van der Waals surface area contributed by atoms with Crippen molar-refractivity contribution in [1.82, 2.24) is 9.97 Å². The molecule has 0 radical (unpaired) electrons. The smallest absolute Gasteiger partial charge is 0.340 e. The quantitative estimate of drug-likeness (QED) is 0.787. The molecule has 1 fully saturated rings. The number of para-hydroxylation sites is 1. The van der Waals surface area contributed by atoms with Crippen LogP contribution in [0.3, 0.4) is 0 Å². The fourth-order valence-corrected chi connectivity index (χ4v) is 1.89. The Hall–Kier alpha value is -2.08. The van der Waals surface area contributed by atoms with E-state index < -0.39 is 5.97 Å². The van der Waals surface area contributed by atoms with Gasteiger partial charge in [-0.1, -0.05) is 6.07 Å². The summed E-state index contributed by atoms with van der Waals surface area (Å²) >= 11 is 0. The van der Waals surface area contributed by atoms with Crippen LogP contribution < -0.4 is 5.69 Å². The van der Waals surface area contributed by atoms with Crippen molar-refractivity contribution in [1.29, 1.82) is 0 Å². The SMILES string of the molecule is O=C(OC[C@H]1CCO1)c1cccc2[nH]c(=O)[nH]c12. The maximum atomic E-state index is 11.9. The molecule has 1 aliphatic heterocycles. The highest BCUT2D eigenvalue weighted by Gasteiger charge is 2.21. The number of ether oxygens (including phenoxy) is 2. The summed E-state index contributed by atoms with van der Waals surface area (Å²) < 4.78 is 10.3. The van der Waals surface area contributed by atoms with Crippen LogP contribution in [-0.4, -0.2) is 35.3 Å². The monoisotopic (exact) mass is 248 g/mol. The van der Waals surface area contributed by atoms with Crippen molar-refractivity contribution in [2.45, 2.75) is 12.5 Å². The first-order chi connectivity index (χ1) is 8.74. The fourth-order valence-electron chi connectivity index (χ4n) is 1.89. The second-order valence-corrected chi connectivity index (χ2v) is 4.19. The second kappa shape index (κ2) is 4.30. The summed E-state index contributed by atoms with van der Waals surface area (Å²) in [4.78, 5) is 28.3. The predicted molar refractivity (Wildman–Crippen MR) is 63.6 cm³/mol. The van der Waals surface area contributed by atoms with Crippen molar-refractivity contribution in [3.8, 4) is 0 Å². The molecule has 2 N–H and O–H groups in total. The summed E-state index contributed by atoms with van der Waals surface area (Å²) in [5.74, 6) is -0.452. The van der Waals surface area contributed by atoms with E-state index in [0.717, 1.165) is 13.0 Å². The van der Waals surface area contributed by atoms with Crippen LogP contribution in [0.25, 0.3) is 11.0 Å². The molecule has 0 unspecified atom stereocenters. The number of H-pyrrole nitrogens is 2. The Morgan fingerprint density at radius 2 is 2.28 bits per heavy atom. The van der Waals surface area contributed by atoms with Crippen molar-refractivity contribution in [2.24, 2.45) is 0 Å². The number of hydrogen-bond donors (Lipinski definition) is 2. The Bertz CT molecular complexity index is 639. The maximum absolute atomic E-state index is 11.9. The molecule has 2 heterocycles. The summed E-state index contributed by atoms with van der Waals surface area (Å²) in [5.41, 5.74) is 1.08. The van der Waals surface area contributed by atoms with Gasteiger partial charge in [0.2, 0.25) is 0 Å². The number of hydrogen-bond acceptors (Lipinski definition) is 4. The minimum atomic E-state index is -0.452. The molecule has 0 amide bonds. The summed E-state index contributed by atoms with van der Waals surface area (Å²) in [7, 11) is 0. The first-order valence-corrected chi connectivity index (χ1v) is 5.74. The van der Waals surface area contributed by atoms with Gasteiger partial charge in [0.15, 0.2) is 0 Å². The molecule has 0 aliphatic carbocycles. The molecule has 0 bridgehead atoms. The van der Waals surface area contributed by atoms with Gasteiger partial charge in [-0.25, -0.2) is 9.59 Å². The minimum Gasteiger partial charge on any atom is -0.459 e. The lowest BCUT2D eigenvalue weighted by Gasteiger charge is -2.25. The van der Waals surface area contributed by atoms with E-state index >= 15 is 0 Å². The number of carbonyl (C=O) groups excluding carboxylic acids is 1. The number of esters is 1. The van der Waals surface area contributed by atoms with Gasteiger partial charge in [0, 0.05) is 13.0 Å². The van der Waals surface area contributed by atoms with Gasteiger partial charge in [-0.05, 0) is 12.1 Å². The van der Waals surface area contributed by atoms with Crippen molar-refractivity contribution in [2.75, 3.05) is 13.2 Å². The van der Waals surface area contributed by atoms with Gasteiger partial charge in [0.05, 0.1) is 22.7 Å². The zero-order chi connectivity index (χ0) is 12.5. The third-order valence-corrected chi connectivity index (χ3v) is 2.96. The van der Waals surface area contributed by atoms with Gasteiger partial charge in [-0.2, -0.15) is 0 Å². The van der Waals surface area contributed by atoms with Crippen LogP contribution in [0.1, 0.15) is 16.8 Å². The molecule has 3 rings (SSSR count). The van der Waals surface area contributed by atoms with E-state index in [2.05, 4.69) is 9.97 Å². The molecule has 2 aromatic rings. The van der Waals surface area contributed by atoms with Crippen LogP contribution in [0.5, 0.6) is 0 Å². The van der Waals surface area contributed by atoms with E-state index in [9.17, 15) is 9.59 Å². The van der Waals surface area contributed by atoms with E-state index in [4.69, 9.17) is 9.47 Å². The van der Waals surface area contributed by atoms with Gasteiger partial charge in [-0.3, -0.25) is 0 Å². The third kappa shape index (κ3) is 1.91. The van der Waals surface area contributed by atoms with Crippen LogP contribution in [-0.2, 0) is 9.47 Å². The van der Waals surface area contributed by atoms with Crippen molar-refractivity contribution < 1.29 is 14.3 Å². The van der Waals surface area contributed by atoms with Crippen LogP contribution >= 0.6 is 0 Å². The molecular weight excluding hydrogens is 236 g/mol. The van der Waals surface area contributed by atoms with Gasteiger partial charge < -0.3 is 19.4 Å². The number of benzene rings is 1. The van der Waals surface area contributed by atoms with E-state index in [1.807, 2.05) is 0 Å². The molecule has 6 nitrogen and oxygen atoms in total. The average molecular weight is 248 g/mol. The largest absolute Gasteiger partial charge is 0.459 e. The maximum Gasteiger partial charge on any atom is 0.340 e. The lowest BCUT2D eigenvalue weighted by Crippen LogP contribution is -2.32. The molecule has 18 heavy (non-hydrogen) atoms. The predicted octanol–water partition coefficient (Wildman–Crippen LogP) is 0.802. The highest BCUT2D eigenvalue weighted by Crippen LogP contribution is 2.16. The van der Waals surface area contributed by atoms with Crippen LogP contribution in [0.4, 0.5) is 0 Å². The molecular formula is C12H12N2O4. The van der Waals surface area contributed by atoms with E-state index in [-0.39, 0.29) is 18.4 Å². The molecule has 0 saturated carbocycles. The first kappa shape index (κ1) is 11.0. The standard InChI is InChI=1S/C12H12N2O4/c15-11(18-6-7-4-5-17-7)8-2-1-3-9-10(8)14-12(16)13-9/h1-3,7H,4-6H2,(H2,13,14,16)/t7-/m1/s1. The molecule has 94 valence electrons. The number of nitrogens with one attached hydrogen (secondary N) is 2. The van der Waals surface area contributed by atoms with E-state index in [1.54, 1.807) is 18.2 Å². The number of imidazole rings is 1. The van der Waals surface area contributed by atoms with Crippen molar-refractivity contribution in [3.05, 3.63) is 34.2 Å². The fraction of sp³-hybridized carbons (Fsp3) is 0.333. The lowest BCUT2D eigenvalue weighted by molar-refractivity contribution is -0.0824. The third-order valence-electron chi connectivity index (χ3n) is 2.96. The van der Waals surface area contributed by atoms with Crippen LogP contribution in [0.15, 0.2) is 23.0 Å². The van der Waals surface area contributed by atoms with Gasteiger partial charge >= 0.3 is 11.7 Å². The molecule has 1 atom stereocenters. The molecule has 0 spiro atoms. The van der Waals surface area contributed by atoms with Gasteiger partial charge in [-0.15, -0.1) is 0 Å². The molecule has 6 heteroatoms. The molecule has 1 saturated heterocycles. The topological polar surface area (TPSA) is 84.2 Å². The van der Waals surface area contributed by atoms with Gasteiger partial charge in [0.1, 0.15) is 6.61 Å². The second-order valence-electron chi connectivity index (χ2n) is 4.19. The number of aromatic nitrogens is 2. The van der Waals surface area contributed by atoms with Crippen molar-refractivity contribution >= 4 is 17.0 Å². The zero-order valence-electron chi connectivity index (χ0n) is 9.56. The minimum absolute atomic E-state index is 0.0124. The van der Waals surface area contributed by atoms with Gasteiger partial charge in [0.25, 0.3) is 0 Å². The lowest BCUT2D eigenvalue weighted by atomic mass is 10.2. The highest BCUT2D eigenvalue weighted by molar-refractivity contribution is 6.01. The number of rotatable bonds is 3. The van der Waals surface area contributed by atoms with Crippen molar-refractivity contribution in [3.63, 3.8) is 0 Å². The zero-order valence-corrected chi connectivity index (χ0v) is 9.56. The average Bonchev–Trinajstić information content (AvgIpc) is 2.66. The number of carbonyl (C=O) groups is 1. The molecule has 1 aliphatic rings. The Balaban J connectivity index is 1.83. The Labute approximate surface area is 102 Å². The normalized spacial score (nSPS) is 18.6.